The molecule has 0 bridgehead atoms. The Morgan fingerprint density at radius 1 is 1.61 bits per heavy atom. The molecule has 5 nitrogen and oxygen atoms in total. The number of nitrogen functional groups attached to an aromatic ring is 1. The van der Waals surface area contributed by atoms with Crippen LogP contribution in [0.1, 0.15) is 12.0 Å². The van der Waals surface area contributed by atoms with Crippen LogP contribution < -0.4 is 11.1 Å². The molecule has 1 aliphatic rings. The maximum atomic E-state index is 11.6. The summed E-state index contributed by atoms with van der Waals surface area (Å²) in [6.45, 7) is 3.25. The van der Waals surface area contributed by atoms with Gasteiger partial charge in [0.15, 0.2) is 0 Å². The molecule has 1 amide bonds. The van der Waals surface area contributed by atoms with Crippen LogP contribution in [-0.2, 0) is 14.3 Å². The maximum absolute atomic E-state index is 11.6. The third-order valence-corrected chi connectivity index (χ3v) is 2.90. The quantitative estimate of drug-likeness (QED) is 0.790. The summed E-state index contributed by atoms with van der Waals surface area (Å²) >= 11 is 0. The van der Waals surface area contributed by atoms with E-state index in [-0.39, 0.29) is 18.6 Å². The van der Waals surface area contributed by atoms with Crippen molar-refractivity contribution in [1.82, 2.24) is 0 Å². The van der Waals surface area contributed by atoms with Crippen LogP contribution in [0.5, 0.6) is 0 Å². The Bertz CT molecular complexity index is 428. The van der Waals surface area contributed by atoms with E-state index in [1.165, 1.54) is 0 Å². The first kappa shape index (κ1) is 12.9. The van der Waals surface area contributed by atoms with Crippen LogP contribution in [0, 0.1) is 6.92 Å². The van der Waals surface area contributed by atoms with Gasteiger partial charge in [-0.2, -0.15) is 0 Å². The van der Waals surface area contributed by atoms with Crippen LogP contribution in [0.2, 0.25) is 0 Å². The molecule has 0 aromatic heterocycles. The minimum Gasteiger partial charge on any atom is -0.398 e. The van der Waals surface area contributed by atoms with Crippen molar-refractivity contribution in [3.05, 3.63) is 23.8 Å². The lowest BCUT2D eigenvalue weighted by atomic mass is 10.2. The Morgan fingerprint density at radius 3 is 3.11 bits per heavy atom. The Kier molecular flexibility index (Phi) is 4.17. The molecule has 1 atom stereocenters. The number of hydrogen-bond acceptors (Lipinski definition) is 4. The predicted molar refractivity (Wildman–Crippen MR) is 69.4 cm³/mol. The van der Waals surface area contributed by atoms with E-state index in [9.17, 15) is 4.79 Å². The van der Waals surface area contributed by atoms with Crippen molar-refractivity contribution in [3.8, 4) is 0 Å². The zero-order valence-electron chi connectivity index (χ0n) is 10.4. The Balaban J connectivity index is 1.80. The first-order valence-corrected chi connectivity index (χ1v) is 6.00. The smallest absolute Gasteiger partial charge is 0.250 e. The molecule has 0 spiro atoms. The second-order valence-electron chi connectivity index (χ2n) is 4.42. The summed E-state index contributed by atoms with van der Waals surface area (Å²) < 4.78 is 10.6. The Labute approximate surface area is 106 Å². The van der Waals surface area contributed by atoms with Gasteiger partial charge in [-0.25, -0.2) is 0 Å². The lowest BCUT2D eigenvalue weighted by Crippen LogP contribution is -2.23. The van der Waals surface area contributed by atoms with E-state index < -0.39 is 0 Å². The fourth-order valence-electron chi connectivity index (χ4n) is 1.75. The van der Waals surface area contributed by atoms with Gasteiger partial charge in [-0.15, -0.1) is 0 Å². The van der Waals surface area contributed by atoms with Gasteiger partial charge in [0.25, 0.3) is 0 Å². The summed E-state index contributed by atoms with van der Waals surface area (Å²) in [6.07, 6.45) is 0.893. The maximum Gasteiger partial charge on any atom is 0.250 e. The zero-order chi connectivity index (χ0) is 13.0. The third kappa shape index (κ3) is 3.45. The molecule has 18 heavy (non-hydrogen) atoms. The molecule has 1 aliphatic heterocycles. The number of aryl methyl sites for hydroxylation is 1. The van der Waals surface area contributed by atoms with Crippen molar-refractivity contribution >= 4 is 17.3 Å². The van der Waals surface area contributed by atoms with Crippen LogP contribution in [-0.4, -0.2) is 31.8 Å². The van der Waals surface area contributed by atoms with Crippen LogP contribution in [0.4, 0.5) is 11.4 Å². The number of anilines is 2. The van der Waals surface area contributed by atoms with Crippen molar-refractivity contribution in [2.24, 2.45) is 0 Å². The molecular formula is C13H18N2O3. The molecule has 3 N–H and O–H groups in total. The molecule has 1 unspecified atom stereocenters. The number of nitrogens with two attached hydrogens (primary N) is 1. The second-order valence-corrected chi connectivity index (χ2v) is 4.42. The summed E-state index contributed by atoms with van der Waals surface area (Å²) in [4.78, 5) is 11.6. The van der Waals surface area contributed by atoms with E-state index >= 15 is 0 Å². The molecule has 1 heterocycles. The number of carbonyl (C=O) groups excluding carboxylic acids is 1. The van der Waals surface area contributed by atoms with Crippen LogP contribution in [0.15, 0.2) is 18.2 Å². The molecule has 1 aromatic rings. The Hall–Kier alpha value is -1.59. The molecule has 0 radical (unpaired) electrons. The number of benzene rings is 1. The van der Waals surface area contributed by atoms with E-state index in [4.69, 9.17) is 15.2 Å². The van der Waals surface area contributed by atoms with Crippen LogP contribution in [0.25, 0.3) is 0 Å². The van der Waals surface area contributed by atoms with E-state index in [2.05, 4.69) is 5.32 Å². The average Bonchev–Trinajstić information content (AvgIpc) is 2.84. The van der Waals surface area contributed by atoms with Gasteiger partial charge in [0, 0.05) is 18.0 Å². The molecule has 98 valence electrons. The number of ether oxygens (including phenoxy) is 2. The van der Waals surface area contributed by atoms with Crippen LogP contribution in [0.3, 0.4) is 0 Å². The second kappa shape index (κ2) is 5.84. The Morgan fingerprint density at radius 2 is 2.44 bits per heavy atom. The van der Waals surface area contributed by atoms with Gasteiger partial charge in [-0.3, -0.25) is 4.79 Å². The average molecular weight is 250 g/mol. The van der Waals surface area contributed by atoms with Crippen molar-refractivity contribution in [2.75, 3.05) is 30.9 Å². The highest BCUT2D eigenvalue weighted by Gasteiger charge is 2.17. The molecule has 5 heteroatoms. The summed E-state index contributed by atoms with van der Waals surface area (Å²) in [7, 11) is 0. The van der Waals surface area contributed by atoms with E-state index in [1.54, 1.807) is 6.07 Å². The van der Waals surface area contributed by atoms with E-state index in [1.807, 2.05) is 19.1 Å². The van der Waals surface area contributed by atoms with E-state index in [0.29, 0.717) is 24.6 Å². The van der Waals surface area contributed by atoms with E-state index in [0.717, 1.165) is 12.0 Å². The van der Waals surface area contributed by atoms with Gasteiger partial charge in [-0.1, -0.05) is 6.07 Å². The number of rotatable bonds is 4. The number of amides is 1. The molecule has 0 aliphatic carbocycles. The van der Waals surface area contributed by atoms with Gasteiger partial charge in [0.05, 0.1) is 12.7 Å². The highest BCUT2D eigenvalue weighted by Crippen LogP contribution is 2.16. The SMILES string of the molecule is Cc1ccc(NC(=O)COC2CCOC2)cc1N. The van der Waals surface area contributed by atoms with Crippen LogP contribution >= 0.6 is 0 Å². The normalized spacial score (nSPS) is 18.8. The lowest BCUT2D eigenvalue weighted by molar-refractivity contribution is -0.122. The molecule has 1 saturated heterocycles. The van der Waals surface area contributed by atoms with Gasteiger partial charge >= 0.3 is 0 Å². The first-order valence-electron chi connectivity index (χ1n) is 6.00. The van der Waals surface area contributed by atoms with Gasteiger partial charge < -0.3 is 20.5 Å². The minimum atomic E-state index is -0.176. The topological polar surface area (TPSA) is 73.6 Å². The standard InChI is InChI=1S/C13H18N2O3/c1-9-2-3-10(6-12(9)14)15-13(16)8-18-11-4-5-17-7-11/h2-3,6,11H,4-5,7-8,14H2,1H3,(H,15,16). The van der Waals surface area contributed by atoms with Crippen molar-refractivity contribution in [3.63, 3.8) is 0 Å². The van der Waals surface area contributed by atoms with Gasteiger partial charge in [-0.05, 0) is 31.0 Å². The minimum absolute atomic E-state index is 0.0406. The van der Waals surface area contributed by atoms with Gasteiger partial charge in [0.2, 0.25) is 5.91 Å². The predicted octanol–water partition coefficient (Wildman–Crippen LogP) is 1.32. The largest absolute Gasteiger partial charge is 0.398 e. The zero-order valence-corrected chi connectivity index (χ0v) is 10.4. The molecule has 1 fully saturated rings. The fraction of sp³-hybridized carbons (Fsp3) is 0.462. The first-order chi connectivity index (χ1) is 8.65. The van der Waals surface area contributed by atoms with Crippen molar-refractivity contribution in [1.29, 1.82) is 0 Å². The molecule has 2 rings (SSSR count). The highest BCUT2D eigenvalue weighted by molar-refractivity contribution is 5.92. The number of hydrogen-bond donors (Lipinski definition) is 2. The van der Waals surface area contributed by atoms with Gasteiger partial charge in [0.1, 0.15) is 6.61 Å². The summed E-state index contributed by atoms with van der Waals surface area (Å²) in [5.74, 6) is -0.176. The highest BCUT2D eigenvalue weighted by atomic mass is 16.5. The lowest BCUT2D eigenvalue weighted by Gasteiger charge is -2.10. The third-order valence-electron chi connectivity index (χ3n) is 2.90. The molecule has 1 aromatic carbocycles. The number of carbonyl (C=O) groups is 1. The molecular weight excluding hydrogens is 232 g/mol. The summed E-state index contributed by atoms with van der Waals surface area (Å²) in [5.41, 5.74) is 8.12. The van der Waals surface area contributed by atoms with Crippen molar-refractivity contribution < 1.29 is 14.3 Å². The van der Waals surface area contributed by atoms with Crippen molar-refractivity contribution in [2.45, 2.75) is 19.4 Å². The number of nitrogens with one attached hydrogen (secondary N) is 1. The summed E-state index contributed by atoms with van der Waals surface area (Å²) in [6, 6.07) is 5.44. The summed E-state index contributed by atoms with van der Waals surface area (Å²) in [5, 5.41) is 2.75. The molecule has 0 saturated carbocycles. The fourth-order valence-corrected chi connectivity index (χ4v) is 1.75. The monoisotopic (exact) mass is 250 g/mol.